The van der Waals surface area contributed by atoms with Gasteiger partial charge in [0.15, 0.2) is 5.84 Å². The maximum absolute atomic E-state index is 8.45. The third-order valence-electron chi connectivity index (χ3n) is 1.93. The molecule has 0 aromatic carbocycles. The van der Waals surface area contributed by atoms with Gasteiger partial charge in [-0.25, -0.2) is 9.97 Å². The van der Waals surface area contributed by atoms with Crippen molar-refractivity contribution >= 4 is 5.84 Å². The second-order valence-electron chi connectivity index (χ2n) is 4.04. The van der Waals surface area contributed by atoms with E-state index < -0.39 is 0 Å². The van der Waals surface area contributed by atoms with Crippen molar-refractivity contribution in [3.63, 3.8) is 0 Å². The highest BCUT2D eigenvalue weighted by Crippen LogP contribution is 2.03. The number of hydrogen-bond acceptors (Lipinski definition) is 6. The van der Waals surface area contributed by atoms with Crippen LogP contribution in [-0.2, 0) is 4.74 Å². The highest BCUT2D eigenvalue weighted by atomic mass is 16.5. The van der Waals surface area contributed by atoms with Gasteiger partial charge in [0.25, 0.3) is 0 Å². The van der Waals surface area contributed by atoms with Gasteiger partial charge in [0.1, 0.15) is 12.3 Å². The minimum atomic E-state index is -0.0886. The molecule has 0 aliphatic carbocycles. The fourth-order valence-electron chi connectivity index (χ4n) is 1.10. The molecule has 0 atom stereocenters. The number of rotatable bonds is 7. The van der Waals surface area contributed by atoms with Crippen LogP contribution in [0.4, 0.5) is 0 Å². The minimum Gasteiger partial charge on any atom is -0.474 e. The van der Waals surface area contributed by atoms with E-state index in [0.29, 0.717) is 37.3 Å². The molecule has 100 valence electrons. The van der Waals surface area contributed by atoms with Crippen LogP contribution in [0, 0.1) is 5.92 Å². The SMILES string of the molecule is CC(C)COCCOc1cnc(C(N)=NO)cn1. The van der Waals surface area contributed by atoms with Gasteiger partial charge in [0.2, 0.25) is 5.88 Å². The van der Waals surface area contributed by atoms with Crippen molar-refractivity contribution in [1.29, 1.82) is 0 Å². The van der Waals surface area contributed by atoms with Gasteiger partial charge < -0.3 is 20.4 Å². The number of nitrogens with two attached hydrogens (primary N) is 1. The van der Waals surface area contributed by atoms with Crippen molar-refractivity contribution in [1.82, 2.24) is 9.97 Å². The van der Waals surface area contributed by atoms with Gasteiger partial charge in [0.05, 0.1) is 19.0 Å². The third-order valence-corrected chi connectivity index (χ3v) is 1.93. The van der Waals surface area contributed by atoms with E-state index in [4.69, 9.17) is 20.4 Å². The predicted octanol–water partition coefficient (Wildman–Crippen LogP) is 0.622. The molecule has 0 fully saturated rings. The Bertz CT molecular complexity index is 378. The Hall–Kier alpha value is -1.89. The Labute approximate surface area is 106 Å². The summed E-state index contributed by atoms with van der Waals surface area (Å²) in [5.41, 5.74) is 5.64. The summed E-state index contributed by atoms with van der Waals surface area (Å²) in [6, 6.07) is 0. The molecule has 0 aliphatic heterocycles. The Morgan fingerprint density at radius 3 is 2.72 bits per heavy atom. The smallest absolute Gasteiger partial charge is 0.232 e. The number of aromatic nitrogens is 2. The summed E-state index contributed by atoms with van der Waals surface area (Å²) in [4.78, 5) is 7.90. The van der Waals surface area contributed by atoms with E-state index in [-0.39, 0.29) is 5.84 Å². The van der Waals surface area contributed by atoms with E-state index in [2.05, 4.69) is 29.0 Å². The zero-order chi connectivity index (χ0) is 13.4. The molecule has 7 nitrogen and oxygen atoms in total. The molecule has 18 heavy (non-hydrogen) atoms. The maximum Gasteiger partial charge on any atom is 0.232 e. The molecule has 0 aliphatic rings. The van der Waals surface area contributed by atoms with Gasteiger partial charge in [-0.15, -0.1) is 0 Å². The molecule has 1 aromatic rings. The number of nitrogens with zero attached hydrogens (tertiary/aromatic N) is 3. The van der Waals surface area contributed by atoms with Crippen LogP contribution in [0.25, 0.3) is 0 Å². The summed E-state index contributed by atoms with van der Waals surface area (Å²) in [5.74, 6) is 0.789. The Balaban J connectivity index is 2.31. The van der Waals surface area contributed by atoms with E-state index in [0.717, 1.165) is 0 Å². The van der Waals surface area contributed by atoms with Gasteiger partial charge >= 0.3 is 0 Å². The zero-order valence-electron chi connectivity index (χ0n) is 10.5. The molecule has 3 N–H and O–H groups in total. The van der Waals surface area contributed by atoms with Gasteiger partial charge in [-0.3, -0.25) is 0 Å². The summed E-state index contributed by atoms with van der Waals surface area (Å²) in [6.07, 6.45) is 2.79. The second-order valence-corrected chi connectivity index (χ2v) is 4.04. The Morgan fingerprint density at radius 1 is 1.39 bits per heavy atom. The lowest BCUT2D eigenvalue weighted by molar-refractivity contribution is 0.0805. The standard InChI is InChI=1S/C11H18N4O3/c1-8(2)7-17-3-4-18-10-6-13-9(5-14-10)11(12)15-16/h5-6,8,16H,3-4,7H2,1-2H3,(H2,12,15). The zero-order valence-corrected chi connectivity index (χ0v) is 10.5. The largest absolute Gasteiger partial charge is 0.474 e. The maximum atomic E-state index is 8.45. The van der Waals surface area contributed by atoms with Crippen LogP contribution in [0.2, 0.25) is 0 Å². The van der Waals surface area contributed by atoms with Crippen molar-refractivity contribution in [2.75, 3.05) is 19.8 Å². The normalized spacial score (nSPS) is 11.8. The van der Waals surface area contributed by atoms with Gasteiger partial charge in [0, 0.05) is 6.61 Å². The lowest BCUT2D eigenvalue weighted by atomic mass is 10.2. The van der Waals surface area contributed by atoms with E-state index in [1.165, 1.54) is 12.4 Å². The fraction of sp³-hybridized carbons (Fsp3) is 0.545. The monoisotopic (exact) mass is 254 g/mol. The highest BCUT2D eigenvalue weighted by Gasteiger charge is 2.02. The quantitative estimate of drug-likeness (QED) is 0.243. The molecule has 0 saturated carbocycles. The van der Waals surface area contributed by atoms with Crippen LogP contribution in [0.15, 0.2) is 17.5 Å². The average molecular weight is 254 g/mol. The topological polar surface area (TPSA) is 103 Å². The molecule has 0 bridgehead atoms. The number of amidine groups is 1. The van der Waals surface area contributed by atoms with Gasteiger partial charge in [-0.2, -0.15) is 0 Å². The molecule has 1 rings (SSSR count). The third kappa shape index (κ3) is 4.96. The molecular weight excluding hydrogens is 236 g/mol. The van der Waals surface area contributed by atoms with E-state index in [1.807, 2.05) is 0 Å². The average Bonchev–Trinajstić information content (AvgIpc) is 2.38. The van der Waals surface area contributed by atoms with Crippen molar-refractivity contribution < 1.29 is 14.7 Å². The molecule has 1 aromatic heterocycles. The molecule has 7 heteroatoms. The first kappa shape index (κ1) is 14.2. The van der Waals surface area contributed by atoms with Gasteiger partial charge in [-0.1, -0.05) is 19.0 Å². The van der Waals surface area contributed by atoms with Crippen LogP contribution in [0.5, 0.6) is 5.88 Å². The number of ether oxygens (including phenoxy) is 2. The lowest BCUT2D eigenvalue weighted by Gasteiger charge is -2.07. The molecule has 0 amide bonds. The van der Waals surface area contributed by atoms with Crippen LogP contribution in [0.1, 0.15) is 19.5 Å². The predicted molar refractivity (Wildman–Crippen MR) is 65.7 cm³/mol. The number of oxime groups is 1. The first-order valence-corrected chi connectivity index (χ1v) is 5.64. The van der Waals surface area contributed by atoms with Crippen LogP contribution in [-0.4, -0.2) is 40.8 Å². The molecule has 0 radical (unpaired) electrons. The molecule has 1 heterocycles. The summed E-state index contributed by atoms with van der Waals surface area (Å²) >= 11 is 0. The Morgan fingerprint density at radius 2 is 2.17 bits per heavy atom. The van der Waals surface area contributed by atoms with Crippen molar-refractivity contribution in [3.05, 3.63) is 18.1 Å². The van der Waals surface area contributed by atoms with Gasteiger partial charge in [-0.05, 0) is 5.92 Å². The minimum absolute atomic E-state index is 0.0886. The fourth-order valence-corrected chi connectivity index (χ4v) is 1.10. The summed E-state index contributed by atoms with van der Waals surface area (Å²) in [6.45, 7) is 5.78. The molecular formula is C11H18N4O3. The summed E-state index contributed by atoms with van der Waals surface area (Å²) < 4.78 is 10.7. The van der Waals surface area contributed by atoms with Crippen molar-refractivity contribution in [3.8, 4) is 5.88 Å². The second kappa shape index (κ2) is 7.44. The lowest BCUT2D eigenvalue weighted by Crippen LogP contribution is -2.16. The van der Waals surface area contributed by atoms with E-state index in [9.17, 15) is 0 Å². The molecule has 0 unspecified atom stereocenters. The summed E-state index contributed by atoms with van der Waals surface area (Å²) in [7, 11) is 0. The summed E-state index contributed by atoms with van der Waals surface area (Å²) in [5, 5.41) is 11.3. The van der Waals surface area contributed by atoms with Crippen LogP contribution < -0.4 is 10.5 Å². The van der Waals surface area contributed by atoms with Crippen molar-refractivity contribution in [2.45, 2.75) is 13.8 Å². The van der Waals surface area contributed by atoms with Crippen molar-refractivity contribution in [2.24, 2.45) is 16.8 Å². The van der Waals surface area contributed by atoms with E-state index in [1.54, 1.807) is 0 Å². The molecule has 0 saturated heterocycles. The first-order valence-electron chi connectivity index (χ1n) is 5.64. The van der Waals surface area contributed by atoms with Crippen LogP contribution in [0.3, 0.4) is 0 Å². The van der Waals surface area contributed by atoms with Crippen LogP contribution >= 0.6 is 0 Å². The number of hydrogen-bond donors (Lipinski definition) is 2. The highest BCUT2D eigenvalue weighted by molar-refractivity contribution is 5.94. The first-order chi connectivity index (χ1) is 8.63. The molecule has 0 spiro atoms. The van der Waals surface area contributed by atoms with E-state index >= 15 is 0 Å². The Kier molecular flexibility index (Phi) is 5.86.